The summed E-state index contributed by atoms with van der Waals surface area (Å²) in [6.07, 6.45) is 3.80. The van der Waals surface area contributed by atoms with Gasteiger partial charge in [0.25, 0.3) is 0 Å². The zero-order valence-electron chi connectivity index (χ0n) is 18.3. The molecule has 0 bridgehead atoms. The molecule has 8 nitrogen and oxygen atoms in total. The van der Waals surface area contributed by atoms with Gasteiger partial charge in [0.1, 0.15) is 17.5 Å². The molecule has 2 amide bonds. The van der Waals surface area contributed by atoms with Crippen molar-refractivity contribution < 1.29 is 28.7 Å². The van der Waals surface area contributed by atoms with Gasteiger partial charge in [-0.25, -0.2) is 4.90 Å². The van der Waals surface area contributed by atoms with Crippen molar-refractivity contribution >= 4 is 41.0 Å². The molecule has 0 unspecified atom stereocenters. The van der Waals surface area contributed by atoms with Gasteiger partial charge in [0.05, 0.1) is 30.7 Å². The number of ether oxygens (including phenoxy) is 2. The lowest BCUT2D eigenvalue weighted by Crippen LogP contribution is -2.48. The van der Waals surface area contributed by atoms with Crippen LogP contribution in [-0.2, 0) is 19.2 Å². The number of ketones is 1. The summed E-state index contributed by atoms with van der Waals surface area (Å²) >= 11 is 0. The molecule has 2 aromatic rings. The summed E-state index contributed by atoms with van der Waals surface area (Å²) in [4.78, 5) is 54.1. The molecule has 8 heteroatoms. The Morgan fingerprint density at radius 3 is 2.21 bits per heavy atom. The highest BCUT2D eigenvalue weighted by Crippen LogP contribution is 2.49. The van der Waals surface area contributed by atoms with Crippen LogP contribution in [0.1, 0.15) is 19.4 Å². The number of hydrogen-bond acceptors (Lipinski definition) is 7. The van der Waals surface area contributed by atoms with Crippen molar-refractivity contribution in [3.8, 4) is 11.5 Å². The van der Waals surface area contributed by atoms with E-state index >= 15 is 0 Å². The van der Waals surface area contributed by atoms with E-state index in [1.54, 1.807) is 25.3 Å². The van der Waals surface area contributed by atoms with E-state index in [1.165, 1.54) is 26.0 Å². The average molecular weight is 446 g/mol. The van der Waals surface area contributed by atoms with Crippen LogP contribution in [0.15, 0.2) is 48.5 Å². The van der Waals surface area contributed by atoms with E-state index in [-0.39, 0.29) is 11.7 Å². The predicted molar refractivity (Wildman–Crippen MR) is 120 cm³/mol. The molecule has 33 heavy (non-hydrogen) atoms. The average Bonchev–Trinajstić information content (AvgIpc) is 3.26. The first-order valence-corrected chi connectivity index (χ1v) is 10.6. The molecular formula is C25H22N2O6. The number of Topliss-reactive ketones (excluding diaryl/α,β-unsaturated/α-hetero) is 1. The number of imide groups is 1. The quantitative estimate of drug-likeness (QED) is 0.405. The van der Waals surface area contributed by atoms with Crippen LogP contribution in [0, 0.1) is 11.8 Å². The molecule has 168 valence electrons. The van der Waals surface area contributed by atoms with Gasteiger partial charge in [0, 0.05) is 18.2 Å². The van der Waals surface area contributed by atoms with Crippen LogP contribution in [0.25, 0.3) is 6.08 Å². The van der Waals surface area contributed by atoms with Crippen molar-refractivity contribution in [3.63, 3.8) is 0 Å². The Labute approximate surface area is 190 Å². The van der Waals surface area contributed by atoms with Crippen LogP contribution in [0.4, 0.5) is 11.4 Å². The van der Waals surface area contributed by atoms with Gasteiger partial charge in [-0.1, -0.05) is 12.2 Å². The molecule has 0 spiro atoms. The second-order valence-electron chi connectivity index (χ2n) is 8.39. The maximum Gasteiger partial charge on any atom is 0.308 e. The van der Waals surface area contributed by atoms with Gasteiger partial charge < -0.3 is 14.4 Å². The van der Waals surface area contributed by atoms with Gasteiger partial charge in [-0.05, 0) is 49.4 Å². The second-order valence-corrected chi connectivity index (χ2v) is 8.39. The highest BCUT2D eigenvalue weighted by atomic mass is 16.5. The Bertz CT molecular complexity index is 1220. The SMILES string of the molecule is COc1ccc2c(c1)C=C[C@@H]1[C@@H]3C(=O)N(c4ccc(OC(C)=O)cc4)C(=O)[C@H]3[C@H](C(C)=O)N21. The highest BCUT2D eigenvalue weighted by molar-refractivity contribution is 6.24. The Balaban J connectivity index is 1.53. The maximum absolute atomic E-state index is 13.5. The van der Waals surface area contributed by atoms with E-state index in [0.29, 0.717) is 17.2 Å². The third kappa shape index (κ3) is 3.13. The summed E-state index contributed by atoms with van der Waals surface area (Å²) in [6, 6.07) is 10.6. The number of hydrogen-bond donors (Lipinski definition) is 0. The van der Waals surface area contributed by atoms with Crippen molar-refractivity contribution in [1.29, 1.82) is 0 Å². The number of carbonyl (C=O) groups is 4. The highest BCUT2D eigenvalue weighted by Gasteiger charge is 2.63. The van der Waals surface area contributed by atoms with Crippen LogP contribution in [0.2, 0.25) is 0 Å². The summed E-state index contributed by atoms with van der Waals surface area (Å²) in [5.41, 5.74) is 2.06. The molecule has 0 N–H and O–H groups in total. The lowest BCUT2D eigenvalue weighted by atomic mass is 9.88. The number of methoxy groups -OCH3 is 1. The van der Waals surface area contributed by atoms with E-state index in [9.17, 15) is 19.2 Å². The fraction of sp³-hybridized carbons (Fsp3) is 0.280. The number of amides is 2. The van der Waals surface area contributed by atoms with Crippen molar-refractivity contribution in [3.05, 3.63) is 54.1 Å². The number of fused-ring (bicyclic) bond motifs is 5. The monoisotopic (exact) mass is 446 g/mol. The van der Waals surface area contributed by atoms with Crippen LogP contribution in [-0.4, -0.2) is 42.8 Å². The number of nitrogens with zero attached hydrogens (tertiary/aromatic N) is 2. The first kappa shape index (κ1) is 20.9. The summed E-state index contributed by atoms with van der Waals surface area (Å²) in [6.45, 7) is 2.75. The van der Waals surface area contributed by atoms with Gasteiger partial charge in [0.15, 0.2) is 5.78 Å². The molecule has 2 fully saturated rings. The fourth-order valence-electron chi connectivity index (χ4n) is 5.22. The maximum atomic E-state index is 13.5. The summed E-state index contributed by atoms with van der Waals surface area (Å²) < 4.78 is 10.3. The lowest BCUT2D eigenvalue weighted by molar-refractivity contribution is -0.132. The molecule has 3 heterocycles. The Kier molecular flexibility index (Phi) is 4.81. The van der Waals surface area contributed by atoms with Crippen LogP contribution >= 0.6 is 0 Å². The van der Waals surface area contributed by atoms with Crippen LogP contribution in [0.5, 0.6) is 11.5 Å². The van der Waals surface area contributed by atoms with Crippen molar-refractivity contribution in [1.82, 2.24) is 0 Å². The molecule has 3 aliphatic rings. The minimum atomic E-state index is -0.786. The number of rotatable bonds is 4. The summed E-state index contributed by atoms with van der Waals surface area (Å²) in [5, 5.41) is 0. The summed E-state index contributed by atoms with van der Waals surface area (Å²) in [5.74, 6) is -1.83. The van der Waals surface area contributed by atoms with E-state index in [0.717, 1.165) is 16.2 Å². The Morgan fingerprint density at radius 1 is 0.909 bits per heavy atom. The van der Waals surface area contributed by atoms with Gasteiger partial charge in [-0.2, -0.15) is 0 Å². The van der Waals surface area contributed by atoms with Crippen molar-refractivity contribution in [2.24, 2.45) is 11.8 Å². The number of esters is 1. The molecule has 2 saturated heterocycles. The van der Waals surface area contributed by atoms with E-state index in [1.807, 2.05) is 29.2 Å². The zero-order valence-corrected chi connectivity index (χ0v) is 18.3. The van der Waals surface area contributed by atoms with E-state index in [2.05, 4.69) is 0 Å². The molecular weight excluding hydrogens is 424 g/mol. The van der Waals surface area contributed by atoms with Crippen LogP contribution < -0.4 is 19.3 Å². The molecule has 2 aromatic carbocycles. The molecule has 0 saturated carbocycles. The normalized spacial score (nSPS) is 24.9. The first-order chi connectivity index (χ1) is 15.8. The lowest BCUT2D eigenvalue weighted by Gasteiger charge is -2.36. The molecule has 0 radical (unpaired) electrons. The number of carbonyl (C=O) groups excluding carboxylic acids is 4. The Morgan fingerprint density at radius 2 is 1.58 bits per heavy atom. The Hall–Kier alpha value is -3.94. The third-order valence-electron chi connectivity index (χ3n) is 6.49. The van der Waals surface area contributed by atoms with Gasteiger partial charge >= 0.3 is 5.97 Å². The smallest absolute Gasteiger partial charge is 0.308 e. The molecule has 0 aliphatic carbocycles. The second kappa shape index (κ2) is 7.58. The van der Waals surface area contributed by atoms with Gasteiger partial charge in [-0.15, -0.1) is 0 Å². The molecule has 4 atom stereocenters. The van der Waals surface area contributed by atoms with Crippen molar-refractivity contribution in [2.45, 2.75) is 25.9 Å². The number of benzene rings is 2. The largest absolute Gasteiger partial charge is 0.497 e. The minimum Gasteiger partial charge on any atom is -0.497 e. The zero-order chi connectivity index (χ0) is 23.4. The summed E-state index contributed by atoms with van der Waals surface area (Å²) in [7, 11) is 1.58. The molecule has 3 aliphatic heterocycles. The topological polar surface area (TPSA) is 93.2 Å². The van der Waals surface area contributed by atoms with E-state index in [4.69, 9.17) is 9.47 Å². The first-order valence-electron chi connectivity index (χ1n) is 10.6. The third-order valence-corrected chi connectivity index (χ3v) is 6.49. The predicted octanol–water partition coefficient (Wildman–Crippen LogP) is 2.60. The fourth-order valence-corrected chi connectivity index (χ4v) is 5.22. The molecule has 5 rings (SSSR count). The minimum absolute atomic E-state index is 0.169. The standard InChI is InChI=1S/C25H22N2O6/c1-13(28)23-22-21(20-10-4-15-12-18(32-3)9-11-19(15)27(20)23)24(30)26(25(22)31)16-5-7-17(8-6-16)33-14(2)29/h4-12,20-23H,1-3H3/t20-,21+,22-,23+/m1/s1. The number of anilines is 2. The molecule has 0 aromatic heterocycles. The van der Waals surface area contributed by atoms with Crippen molar-refractivity contribution in [2.75, 3.05) is 16.9 Å². The van der Waals surface area contributed by atoms with Gasteiger partial charge in [-0.3, -0.25) is 19.2 Å². The van der Waals surface area contributed by atoms with Gasteiger partial charge in [0.2, 0.25) is 11.8 Å². The van der Waals surface area contributed by atoms with E-state index < -0.39 is 35.8 Å². The van der Waals surface area contributed by atoms with Crippen LogP contribution in [0.3, 0.4) is 0 Å².